The van der Waals surface area contributed by atoms with E-state index in [9.17, 15) is 0 Å². The van der Waals surface area contributed by atoms with Crippen LogP contribution in [-0.2, 0) is 11.3 Å². The lowest BCUT2D eigenvalue weighted by Gasteiger charge is -2.22. The average molecular weight is 331 g/mol. The van der Waals surface area contributed by atoms with Crippen molar-refractivity contribution < 1.29 is 4.74 Å². The number of imidazole rings is 1. The fourth-order valence-electron chi connectivity index (χ4n) is 2.68. The number of aryl methyl sites for hydroxylation is 1. The van der Waals surface area contributed by atoms with Crippen LogP contribution in [0, 0.1) is 4.77 Å². The van der Waals surface area contributed by atoms with Crippen molar-refractivity contribution in [3.05, 3.63) is 26.9 Å². The number of fused-ring (bicyclic) bond motifs is 1. The normalized spacial score (nSPS) is 19.6. The molecule has 6 heteroatoms. The molecule has 3 rings (SSSR count). The monoisotopic (exact) mass is 330 g/mol. The van der Waals surface area contributed by atoms with Crippen molar-refractivity contribution in [2.45, 2.75) is 38.3 Å². The number of H-pyrrole nitrogens is 1. The summed E-state index contributed by atoms with van der Waals surface area (Å²) >= 11 is 17.5. The SMILES string of the molecule is S=c1[nH]c2cc(Cl)c(Cl)cc2n1CCC1CCCCO1. The van der Waals surface area contributed by atoms with E-state index in [1.807, 2.05) is 12.1 Å². The summed E-state index contributed by atoms with van der Waals surface area (Å²) in [6, 6.07) is 3.69. The Hall–Kier alpha value is -0.550. The third-order valence-electron chi connectivity index (χ3n) is 3.76. The van der Waals surface area contributed by atoms with Crippen molar-refractivity contribution in [3.63, 3.8) is 0 Å². The molecular formula is C14H16Cl2N2OS. The van der Waals surface area contributed by atoms with Crippen LogP contribution in [0.4, 0.5) is 0 Å². The van der Waals surface area contributed by atoms with Crippen molar-refractivity contribution in [2.24, 2.45) is 0 Å². The van der Waals surface area contributed by atoms with E-state index in [-0.39, 0.29) is 0 Å². The Morgan fingerprint density at radius 3 is 2.85 bits per heavy atom. The maximum Gasteiger partial charge on any atom is 0.178 e. The lowest BCUT2D eigenvalue weighted by molar-refractivity contribution is 0.00892. The predicted molar refractivity (Wildman–Crippen MR) is 85.4 cm³/mol. The Balaban J connectivity index is 1.85. The van der Waals surface area contributed by atoms with E-state index >= 15 is 0 Å². The van der Waals surface area contributed by atoms with Gasteiger partial charge in [-0.3, -0.25) is 0 Å². The third-order valence-corrected chi connectivity index (χ3v) is 4.81. The summed E-state index contributed by atoms with van der Waals surface area (Å²) in [6.45, 7) is 1.72. The van der Waals surface area contributed by atoms with Crippen molar-refractivity contribution in [2.75, 3.05) is 6.61 Å². The predicted octanol–water partition coefficient (Wildman–Crippen LogP) is 4.96. The number of nitrogens with zero attached hydrogens (tertiary/aromatic N) is 1. The molecule has 1 N–H and O–H groups in total. The van der Waals surface area contributed by atoms with Crippen LogP contribution in [0.25, 0.3) is 11.0 Å². The van der Waals surface area contributed by atoms with Crippen LogP contribution in [0.1, 0.15) is 25.7 Å². The van der Waals surface area contributed by atoms with E-state index in [0.29, 0.717) is 20.9 Å². The fraction of sp³-hybridized carbons (Fsp3) is 0.500. The first kappa shape index (κ1) is 14.4. The molecule has 0 bridgehead atoms. The Kier molecular flexibility index (Phi) is 4.36. The summed E-state index contributed by atoms with van der Waals surface area (Å²) in [4.78, 5) is 3.18. The van der Waals surface area contributed by atoms with Crippen molar-refractivity contribution in [3.8, 4) is 0 Å². The standard InChI is InChI=1S/C14H16Cl2N2OS/c15-10-7-12-13(8-11(10)16)18(14(20)17-12)5-4-9-3-1-2-6-19-9/h7-9H,1-6H2,(H,17,20). The number of rotatable bonds is 3. The summed E-state index contributed by atoms with van der Waals surface area (Å²) < 4.78 is 8.54. The zero-order valence-electron chi connectivity index (χ0n) is 11.0. The number of halogens is 2. The minimum Gasteiger partial charge on any atom is -0.378 e. The minimum atomic E-state index is 0.346. The maximum absolute atomic E-state index is 6.10. The van der Waals surface area contributed by atoms with Crippen LogP contribution in [0.15, 0.2) is 12.1 Å². The molecule has 20 heavy (non-hydrogen) atoms. The Morgan fingerprint density at radius 1 is 1.30 bits per heavy atom. The van der Waals surface area contributed by atoms with Gasteiger partial charge in [-0.05, 0) is 50.0 Å². The highest BCUT2D eigenvalue weighted by Crippen LogP contribution is 2.28. The second kappa shape index (κ2) is 6.06. The van der Waals surface area contributed by atoms with Crippen LogP contribution in [0.3, 0.4) is 0 Å². The molecule has 0 aliphatic carbocycles. The topological polar surface area (TPSA) is 29.9 Å². The molecule has 0 radical (unpaired) electrons. The Bertz CT molecular complexity index is 674. The number of aromatic nitrogens is 2. The third kappa shape index (κ3) is 2.89. The number of benzene rings is 1. The quantitative estimate of drug-likeness (QED) is 0.805. The van der Waals surface area contributed by atoms with Crippen molar-refractivity contribution in [1.82, 2.24) is 9.55 Å². The molecular weight excluding hydrogens is 315 g/mol. The van der Waals surface area contributed by atoms with Crippen LogP contribution in [0.2, 0.25) is 10.0 Å². The first-order valence-corrected chi connectivity index (χ1v) is 8.01. The largest absolute Gasteiger partial charge is 0.378 e. The van der Waals surface area contributed by atoms with E-state index in [2.05, 4.69) is 9.55 Å². The lowest BCUT2D eigenvalue weighted by atomic mass is 10.1. The summed E-state index contributed by atoms with van der Waals surface area (Å²) in [5.74, 6) is 0. The van der Waals surface area contributed by atoms with Gasteiger partial charge in [-0.25, -0.2) is 0 Å². The van der Waals surface area contributed by atoms with Gasteiger partial charge in [-0.15, -0.1) is 0 Å². The fourth-order valence-corrected chi connectivity index (χ4v) is 3.30. The average Bonchev–Trinajstić information content (AvgIpc) is 2.73. The van der Waals surface area contributed by atoms with Crippen LogP contribution in [-0.4, -0.2) is 22.3 Å². The lowest BCUT2D eigenvalue weighted by Crippen LogP contribution is -2.20. The first-order chi connectivity index (χ1) is 9.65. The summed E-state index contributed by atoms with van der Waals surface area (Å²) in [5, 5.41) is 1.09. The molecule has 2 aromatic rings. The van der Waals surface area contributed by atoms with Crippen LogP contribution < -0.4 is 0 Å². The minimum absolute atomic E-state index is 0.346. The second-order valence-corrected chi connectivity index (χ2v) is 6.34. The van der Waals surface area contributed by atoms with Crippen LogP contribution >= 0.6 is 35.4 Å². The van der Waals surface area contributed by atoms with E-state index in [1.165, 1.54) is 12.8 Å². The molecule has 3 nitrogen and oxygen atoms in total. The van der Waals surface area contributed by atoms with Crippen molar-refractivity contribution >= 4 is 46.5 Å². The van der Waals surface area contributed by atoms with E-state index in [1.54, 1.807) is 0 Å². The van der Waals surface area contributed by atoms with Gasteiger partial charge in [-0.2, -0.15) is 0 Å². The van der Waals surface area contributed by atoms with E-state index < -0.39 is 0 Å². The molecule has 1 aliphatic rings. The number of aromatic amines is 1. The molecule has 1 aromatic heterocycles. The zero-order valence-corrected chi connectivity index (χ0v) is 13.3. The Labute approximate surface area is 132 Å². The first-order valence-electron chi connectivity index (χ1n) is 6.84. The van der Waals surface area contributed by atoms with Gasteiger partial charge in [0.1, 0.15) is 0 Å². The smallest absolute Gasteiger partial charge is 0.178 e. The van der Waals surface area contributed by atoms with Gasteiger partial charge in [0.05, 0.1) is 27.2 Å². The van der Waals surface area contributed by atoms with Crippen molar-refractivity contribution in [1.29, 1.82) is 0 Å². The molecule has 0 amide bonds. The van der Waals surface area contributed by atoms with Gasteiger partial charge in [-0.1, -0.05) is 23.2 Å². The van der Waals surface area contributed by atoms with Gasteiger partial charge in [0.15, 0.2) is 4.77 Å². The van der Waals surface area contributed by atoms with Gasteiger partial charge in [0.25, 0.3) is 0 Å². The maximum atomic E-state index is 6.10. The van der Waals surface area contributed by atoms with E-state index in [4.69, 9.17) is 40.2 Å². The number of nitrogens with one attached hydrogen (secondary N) is 1. The summed E-state index contributed by atoms with van der Waals surface area (Å²) in [6.07, 6.45) is 4.89. The number of hydrogen-bond donors (Lipinski definition) is 1. The van der Waals surface area contributed by atoms with Gasteiger partial charge in [0, 0.05) is 13.2 Å². The molecule has 0 spiro atoms. The molecule has 1 atom stereocenters. The van der Waals surface area contributed by atoms with E-state index in [0.717, 1.165) is 37.0 Å². The highest BCUT2D eigenvalue weighted by Gasteiger charge is 2.15. The molecule has 1 aliphatic heterocycles. The highest BCUT2D eigenvalue weighted by molar-refractivity contribution is 7.71. The molecule has 1 saturated heterocycles. The van der Waals surface area contributed by atoms with Gasteiger partial charge in [0.2, 0.25) is 0 Å². The molecule has 1 fully saturated rings. The number of hydrogen-bond acceptors (Lipinski definition) is 2. The summed E-state index contributed by atoms with van der Waals surface area (Å²) in [7, 11) is 0. The summed E-state index contributed by atoms with van der Waals surface area (Å²) in [5.41, 5.74) is 1.93. The highest BCUT2D eigenvalue weighted by atomic mass is 35.5. The Morgan fingerprint density at radius 2 is 2.10 bits per heavy atom. The van der Waals surface area contributed by atoms with Gasteiger partial charge < -0.3 is 14.3 Å². The molecule has 0 saturated carbocycles. The number of ether oxygens (including phenoxy) is 1. The second-order valence-electron chi connectivity index (χ2n) is 5.14. The zero-order chi connectivity index (χ0) is 14.1. The van der Waals surface area contributed by atoms with Crippen LogP contribution in [0.5, 0.6) is 0 Å². The molecule has 1 aromatic carbocycles. The molecule has 108 valence electrons. The molecule has 2 heterocycles. The molecule has 1 unspecified atom stereocenters. The van der Waals surface area contributed by atoms with Gasteiger partial charge >= 0.3 is 0 Å².